The van der Waals surface area contributed by atoms with Crippen molar-refractivity contribution < 1.29 is 19.4 Å². The first-order valence-corrected chi connectivity index (χ1v) is 14.3. The van der Waals surface area contributed by atoms with E-state index in [1.807, 2.05) is 113 Å². The Balaban J connectivity index is 1.65. The van der Waals surface area contributed by atoms with Crippen molar-refractivity contribution in [3.63, 3.8) is 0 Å². The van der Waals surface area contributed by atoms with Gasteiger partial charge in [-0.05, 0) is 56.0 Å². The van der Waals surface area contributed by atoms with E-state index in [4.69, 9.17) is 14.5 Å². The number of methoxy groups -OCH3 is 1. The number of fused-ring (bicyclic) bond motifs is 1. The van der Waals surface area contributed by atoms with E-state index >= 15 is 0 Å². The molecule has 212 valence electrons. The number of ether oxygens (including phenoxy) is 2. The van der Waals surface area contributed by atoms with Crippen LogP contribution < -0.4 is 10.1 Å². The lowest BCUT2D eigenvalue weighted by Crippen LogP contribution is -2.62. The number of nitrogens with zero attached hydrogens (tertiary/aromatic N) is 1. The van der Waals surface area contributed by atoms with Crippen LogP contribution in [0.15, 0.2) is 96.0 Å². The van der Waals surface area contributed by atoms with Crippen LogP contribution in [0.25, 0.3) is 0 Å². The number of carbonyl (C=O) groups is 1. The van der Waals surface area contributed by atoms with Gasteiger partial charge in [-0.15, -0.1) is 0 Å². The Morgan fingerprint density at radius 1 is 0.881 bits per heavy atom. The van der Waals surface area contributed by atoms with Gasteiger partial charge >= 0.3 is 5.97 Å². The second-order valence-corrected chi connectivity index (χ2v) is 12.0. The third-order valence-corrected chi connectivity index (χ3v) is 9.39. The summed E-state index contributed by atoms with van der Waals surface area (Å²) in [6.07, 6.45) is 0. The number of nitrogens with one attached hydrogen (secondary N) is 1. The molecule has 1 saturated carbocycles. The average Bonchev–Trinajstić information content (AvgIpc) is 3.51. The van der Waals surface area contributed by atoms with Crippen LogP contribution in [-0.4, -0.2) is 29.7 Å². The SMILES string of the molecule is COC(=O)[C@@H]1[C@@H](c2ccccc2)[C@]2(c3ccc(C)cc3)Oc3cc(C)cc(C)c3[C@@]23N=C(c2ccc(C)cc2)N[C@@]13O. The Hall–Kier alpha value is -4.42. The second-order valence-electron chi connectivity index (χ2n) is 12.0. The Morgan fingerprint density at radius 3 is 2.17 bits per heavy atom. The highest BCUT2D eigenvalue weighted by Crippen LogP contribution is 2.74. The molecular weight excluding hydrogens is 524 g/mol. The highest BCUT2D eigenvalue weighted by molar-refractivity contribution is 6.03. The van der Waals surface area contributed by atoms with E-state index in [1.54, 1.807) is 0 Å². The summed E-state index contributed by atoms with van der Waals surface area (Å²) < 4.78 is 12.7. The summed E-state index contributed by atoms with van der Waals surface area (Å²) in [6.45, 7) is 8.13. The number of esters is 1. The van der Waals surface area contributed by atoms with E-state index in [9.17, 15) is 9.90 Å². The molecule has 5 atom stereocenters. The van der Waals surface area contributed by atoms with Crippen LogP contribution in [0.1, 0.15) is 50.4 Å². The number of rotatable bonds is 4. The minimum atomic E-state index is -1.89. The standard InChI is InChI=1S/C36H34N2O4/c1-21-11-15-26(16-12-21)32-37-35-29-24(4)19-23(3)20-28(29)42-34(35,27-17-13-22(2)14-18-27)30(25-9-7-6-8-10-25)31(33(39)41-5)36(35,40)38-32/h6-20,30-31,40H,1-5H3,(H,37,38)/t30-,31+,34+,35-,36-/m1/s1. The third kappa shape index (κ3) is 3.24. The van der Waals surface area contributed by atoms with E-state index in [0.29, 0.717) is 11.6 Å². The highest BCUT2D eigenvalue weighted by atomic mass is 16.5. The maximum atomic E-state index is 14.0. The van der Waals surface area contributed by atoms with Crippen molar-refractivity contribution in [1.82, 2.24) is 5.32 Å². The highest BCUT2D eigenvalue weighted by Gasteiger charge is 2.86. The molecule has 1 aliphatic carbocycles. The maximum Gasteiger partial charge on any atom is 0.314 e. The number of hydrogen-bond donors (Lipinski definition) is 2. The molecular formula is C36H34N2O4. The molecule has 3 aliphatic rings. The maximum absolute atomic E-state index is 14.0. The van der Waals surface area contributed by atoms with Gasteiger partial charge in [0.2, 0.25) is 0 Å². The molecule has 0 saturated heterocycles. The summed E-state index contributed by atoms with van der Waals surface area (Å²) in [5.74, 6) is -1.08. The van der Waals surface area contributed by atoms with Crippen LogP contribution in [0.2, 0.25) is 0 Å². The van der Waals surface area contributed by atoms with Gasteiger partial charge in [-0.2, -0.15) is 0 Å². The number of amidine groups is 1. The smallest absolute Gasteiger partial charge is 0.314 e. The number of carbonyl (C=O) groups excluding carboxylic acids is 1. The molecule has 0 radical (unpaired) electrons. The molecule has 0 amide bonds. The molecule has 1 spiro atoms. The van der Waals surface area contributed by atoms with Crippen molar-refractivity contribution in [2.75, 3.05) is 7.11 Å². The molecule has 1 fully saturated rings. The monoisotopic (exact) mass is 558 g/mol. The summed E-state index contributed by atoms with van der Waals surface area (Å²) in [5, 5.41) is 16.7. The molecule has 0 aromatic heterocycles. The third-order valence-electron chi connectivity index (χ3n) is 9.39. The first-order valence-electron chi connectivity index (χ1n) is 14.3. The predicted octanol–water partition coefficient (Wildman–Crippen LogP) is 5.73. The Labute approximate surface area is 246 Å². The van der Waals surface area contributed by atoms with Gasteiger partial charge in [-0.3, -0.25) is 4.79 Å². The Bertz CT molecular complexity index is 1750. The van der Waals surface area contributed by atoms with Crippen LogP contribution in [0.5, 0.6) is 5.75 Å². The Morgan fingerprint density at radius 2 is 1.52 bits per heavy atom. The van der Waals surface area contributed by atoms with E-state index in [2.05, 4.69) is 11.4 Å². The normalized spacial score (nSPS) is 28.7. The lowest BCUT2D eigenvalue weighted by atomic mass is 9.68. The van der Waals surface area contributed by atoms with Crippen LogP contribution in [0.3, 0.4) is 0 Å². The van der Waals surface area contributed by atoms with Crippen molar-refractivity contribution in [2.45, 2.75) is 50.5 Å². The van der Waals surface area contributed by atoms with Crippen molar-refractivity contribution >= 4 is 11.8 Å². The minimum absolute atomic E-state index is 0.505. The van der Waals surface area contributed by atoms with Gasteiger partial charge in [0.05, 0.1) is 7.11 Å². The number of hydrogen-bond acceptors (Lipinski definition) is 6. The van der Waals surface area contributed by atoms with Crippen molar-refractivity contribution in [3.8, 4) is 5.75 Å². The summed E-state index contributed by atoms with van der Waals surface area (Å²) in [4.78, 5) is 19.5. The zero-order chi connectivity index (χ0) is 29.4. The van der Waals surface area contributed by atoms with Gasteiger partial charge < -0.3 is 19.9 Å². The number of aliphatic hydroxyl groups is 1. The molecule has 6 heteroatoms. The van der Waals surface area contributed by atoms with E-state index in [1.165, 1.54) is 7.11 Å². The van der Waals surface area contributed by atoms with Gasteiger partial charge in [0.1, 0.15) is 17.5 Å². The fraction of sp³-hybridized carbons (Fsp3) is 0.278. The molecule has 0 bridgehead atoms. The molecule has 6 nitrogen and oxygen atoms in total. The first-order chi connectivity index (χ1) is 20.2. The van der Waals surface area contributed by atoms with Crippen LogP contribution in [-0.2, 0) is 20.7 Å². The summed E-state index contributed by atoms with van der Waals surface area (Å²) >= 11 is 0. The van der Waals surface area contributed by atoms with Crippen molar-refractivity contribution in [3.05, 3.63) is 136 Å². The second kappa shape index (κ2) is 9.04. The molecule has 0 unspecified atom stereocenters. The lowest BCUT2D eigenvalue weighted by Gasteiger charge is -2.42. The molecule has 4 aromatic rings. The number of benzene rings is 4. The van der Waals surface area contributed by atoms with Crippen molar-refractivity contribution in [1.29, 1.82) is 0 Å². The van der Waals surface area contributed by atoms with Crippen LogP contribution >= 0.6 is 0 Å². The molecule has 42 heavy (non-hydrogen) atoms. The molecule has 7 rings (SSSR count). The van der Waals surface area contributed by atoms with Gasteiger partial charge in [0.25, 0.3) is 0 Å². The first kappa shape index (κ1) is 26.5. The van der Waals surface area contributed by atoms with E-state index < -0.39 is 34.7 Å². The van der Waals surface area contributed by atoms with E-state index in [0.717, 1.165) is 44.5 Å². The van der Waals surface area contributed by atoms with Crippen molar-refractivity contribution in [2.24, 2.45) is 10.9 Å². The predicted molar refractivity (Wildman–Crippen MR) is 162 cm³/mol. The zero-order valence-corrected chi connectivity index (χ0v) is 24.4. The zero-order valence-electron chi connectivity index (χ0n) is 24.4. The topological polar surface area (TPSA) is 80.2 Å². The summed E-state index contributed by atoms with van der Waals surface area (Å²) in [7, 11) is 1.37. The molecule has 2 N–H and O–H groups in total. The number of aliphatic imine (C=N–C) groups is 1. The fourth-order valence-corrected chi connectivity index (χ4v) is 7.76. The largest absolute Gasteiger partial charge is 0.478 e. The molecule has 2 aliphatic heterocycles. The van der Waals surface area contributed by atoms with Gasteiger partial charge in [0, 0.05) is 17.0 Å². The quantitative estimate of drug-likeness (QED) is 0.313. The van der Waals surface area contributed by atoms with Gasteiger partial charge in [0.15, 0.2) is 16.9 Å². The van der Waals surface area contributed by atoms with Crippen LogP contribution in [0, 0.1) is 33.6 Å². The molecule has 2 heterocycles. The average molecular weight is 559 g/mol. The fourth-order valence-electron chi connectivity index (χ4n) is 7.76. The van der Waals surface area contributed by atoms with E-state index in [-0.39, 0.29) is 0 Å². The summed E-state index contributed by atoms with van der Waals surface area (Å²) in [5.41, 5.74) is 2.84. The minimum Gasteiger partial charge on any atom is -0.478 e. The van der Waals surface area contributed by atoms with Gasteiger partial charge in [-0.25, -0.2) is 4.99 Å². The Kier molecular flexibility index (Phi) is 5.70. The van der Waals surface area contributed by atoms with Gasteiger partial charge in [-0.1, -0.05) is 96.1 Å². The summed E-state index contributed by atoms with van der Waals surface area (Å²) in [6, 6.07) is 30.1. The van der Waals surface area contributed by atoms with Crippen LogP contribution in [0.4, 0.5) is 0 Å². The number of aryl methyl sites for hydroxylation is 4. The molecule has 4 aromatic carbocycles. The lowest BCUT2D eigenvalue weighted by molar-refractivity contribution is -0.158.